The highest BCUT2D eigenvalue weighted by Gasteiger charge is 2.05. The van der Waals surface area contributed by atoms with Gasteiger partial charge >= 0.3 is 0 Å². The highest BCUT2D eigenvalue weighted by molar-refractivity contribution is 6.10. The van der Waals surface area contributed by atoms with E-state index in [2.05, 4.69) is 4.99 Å². The van der Waals surface area contributed by atoms with Crippen LogP contribution in [0.25, 0.3) is 0 Å². The Kier molecular flexibility index (Phi) is 4.68. The van der Waals surface area contributed by atoms with E-state index in [4.69, 9.17) is 5.73 Å². The second kappa shape index (κ2) is 6.67. The van der Waals surface area contributed by atoms with Crippen LogP contribution in [0.1, 0.15) is 18.1 Å². The van der Waals surface area contributed by atoms with E-state index >= 15 is 0 Å². The van der Waals surface area contributed by atoms with E-state index < -0.39 is 4.92 Å². The summed E-state index contributed by atoms with van der Waals surface area (Å²) in [4.78, 5) is 14.8. The Hall–Kier alpha value is -2.95. The lowest BCUT2D eigenvalue weighted by Gasteiger charge is -2.04. The van der Waals surface area contributed by atoms with E-state index in [1.807, 2.05) is 31.2 Å². The maximum Gasteiger partial charge on any atom is 0.269 e. The molecule has 0 unspecified atom stereocenters. The molecule has 22 heavy (non-hydrogen) atoms. The first-order chi connectivity index (χ1) is 10.5. The average Bonchev–Trinajstić information content (AvgIpc) is 2.47. The minimum absolute atomic E-state index is 0.0429. The van der Waals surface area contributed by atoms with Gasteiger partial charge in [0.15, 0.2) is 0 Å². The van der Waals surface area contributed by atoms with Gasteiger partial charge in [-0.05, 0) is 32.1 Å². The quantitative estimate of drug-likeness (QED) is 0.528. The molecule has 0 atom stereocenters. The predicted molar refractivity (Wildman–Crippen MR) is 88.4 cm³/mol. The van der Waals surface area contributed by atoms with Crippen LogP contribution in [0, 0.1) is 17.0 Å². The van der Waals surface area contributed by atoms with Crippen LogP contribution in [0.5, 0.6) is 0 Å². The number of benzene rings is 2. The minimum Gasteiger partial charge on any atom is -0.402 e. The van der Waals surface area contributed by atoms with Crippen molar-refractivity contribution in [3.05, 3.63) is 81.5 Å². The van der Waals surface area contributed by atoms with Crippen LogP contribution in [0.15, 0.2) is 65.3 Å². The smallest absolute Gasteiger partial charge is 0.269 e. The summed E-state index contributed by atoms with van der Waals surface area (Å²) < 4.78 is 0. The number of nitrogens with zero attached hydrogens (tertiary/aromatic N) is 2. The molecule has 2 aromatic carbocycles. The molecular formula is C17H17N3O2. The van der Waals surface area contributed by atoms with Gasteiger partial charge in [-0.3, -0.25) is 10.1 Å². The van der Waals surface area contributed by atoms with Gasteiger partial charge in [-0.15, -0.1) is 0 Å². The van der Waals surface area contributed by atoms with Gasteiger partial charge in [0.2, 0.25) is 0 Å². The number of hydrogen-bond donors (Lipinski definition) is 1. The third kappa shape index (κ3) is 4.02. The Morgan fingerprint density at radius 1 is 1.14 bits per heavy atom. The van der Waals surface area contributed by atoms with Gasteiger partial charge in [-0.25, -0.2) is 4.99 Å². The second-order valence-corrected chi connectivity index (χ2v) is 5.02. The van der Waals surface area contributed by atoms with Crippen molar-refractivity contribution in [2.45, 2.75) is 13.8 Å². The van der Waals surface area contributed by atoms with Crippen LogP contribution in [-0.4, -0.2) is 10.6 Å². The zero-order chi connectivity index (χ0) is 16.1. The number of nitrogens with two attached hydrogens (primary N) is 1. The molecule has 0 aliphatic heterocycles. The van der Waals surface area contributed by atoms with Crippen LogP contribution >= 0.6 is 0 Å². The van der Waals surface area contributed by atoms with E-state index in [9.17, 15) is 10.1 Å². The van der Waals surface area contributed by atoms with Gasteiger partial charge < -0.3 is 5.73 Å². The number of aryl methyl sites for hydroxylation is 1. The first-order valence-electron chi connectivity index (χ1n) is 6.79. The van der Waals surface area contributed by atoms with E-state index in [-0.39, 0.29) is 5.69 Å². The SMILES string of the molecule is CC(N)=CC(=Nc1ccc([N+](=O)[O-])cc1)c1ccc(C)cc1. The lowest BCUT2D eigenvalue weighted by molar-refractivity contribution is -0.384. The molecule has 0 radical (unpaired) electrons. The largest absolute Gasteiger partial charge is 0.402 e. The van der Waals surface area contributed by atoms with Gasteiger partial charge in [0.05, 0.1) is 16.3 Å². The summed E-state index contributed by atoms with van der Waals surface area (Å²) in [6.45, 7) is 3.81. The average molecular weight is 295 g/mol. The number of aliphatic imine (C=N–C) groups is 1. The molecule has 5 nitrogen and oxygen atoms in total. The Bertz CT molecular complexity index is 726. The molecule has 0 aromatic heterocycles. The molecule has 0 fully saturated rings. The van der Waals surface area contributed by atoms with Gasteiger partial charge in [0.1, 0.15) is 0 Å². The molecule has 0 aliphatic rings. The molecule has 0 saturated carbocycles. The maximum atomic E-state index is 10.7. The third-order valence-corrected chi connectivity index (χ3v) is 3.02. The molecule has 5 heteroatoms. The second-order valence-electron chi connectivity index (χ2n) is 5.02. The molecule has 0 spiro atoms. The standard InChI is InChI=1S/C17H17N3O2/c1-12-3-5-14(6-4-12)17(11-13(2)18)19-15-7-9-16(10-8-15)20(21)22/h3-11H,18H2,1-2H3. The fourth-order valence-electron chi connectivity index (χ4n) is 1.91. The number of rotatable bonds is 4. The number of allylic oxidation sites excluding steroid dienone is 2. The van der Waals surface area contributed by atoms with Crippen LogP contribution < -0.4 is 5.73 Å². The van der Waals surface area contributed by atoms with Gasteiger partial charge in [0.25, 0.3) is 5.69 Å². The Balaban J connectivity index is 2.42. The van der Waals surface area contributed by atoms with Crippen molar-refractivity contribution < 1.29 is 4.92 Å². The number of nitro benzene ring substituents is 1. The normalized spacial score (nSPS) is 12.3. The summed E-state index contributed by atoms with van der Waals surface area (Å²) in [7, 11) is 0. The summed E-state index contributed by atoms with van der Waals surface area (Å²) in [6.07, 6.45) is 1.78. The van der Waals surface area contributed by atoms with Crippen LogP contribution in [0.4, 0.5) is 11.4 Å². The predicted octanol–water partition coefficient (Wildman–Crippen LogP) is 3.89. The summed E-state index contributed by atoms with van der Waals surface area (Å²) >= 11 is 0. The summed E-state index contributed by atoms with van der Waals surface area (Å²) in [5, 5.41) is 10.7. The van der Waals surface area contributed by atoms with Crippen molar-refractivity contribution in [1.82, 2.24) is 0 Å². The van der Waals surface area contributed by atoms with Crippen molar-refractivity contribution >= 4 is 17.1 Å². The zero-order valence-corrected chi connectivity index (χ0v) is 12.5. The summed E-state index contributed by atoms with van der Waals surface area (Å²) in [5.74, 6) is 0. The maximum absolute atomic E-state index is 10.7. The highest BCUT2D eigenvalue weighted by Crippen LogP contribution is 2.20. The van der Waals surface area contributed by atoms with Gasteiger partial charge in [-0.2, -0.15) is 0 Å². The molecule has 0 saturated heterocycles. The van der Waals surface area contributed by atoms with E-state index in [0.29, 0.717) is 17.1 Å². The number of non-ortho nitro benzene ring substituents is 1. The Labute approximate surface area is 129 Å². The lowest BCUT2D eigenvalue weighted by atomic mass is 10.1. The summed E-state index contributed by atoms with van der Waals surface area (Å²) in [6, 6.07) is 14.0. The fourth-order valence-corrected chi connectivity index (χ4v) is 1.91. The molecular weight excluding hydrogens is 278 g/mol. The van der Waals surface area contributed by atoms with Crippen molar-refractivity contribution in [3.8, 4) is 0 Å². The fraction of sp³-hybridized carbons (Fsp3) is 0.118. The van der Waals surface area contributed by atoms with Gasteiger partial charge in [-0.1, -0.05) is 29.8 Å². The van der Waals surface area contributed by atoms with Crippen molar-refractivity contribution in [2.75, 3.05) is 0 Å². The topological polar surface area (TPSA) is 81.5 Å². The molecule has 2 rings (SSSR count). The Morgan fingerprint density at radius 3 is 2.23 bits per heavy atom. The van der Waals surface area contributed by atoms with Crippen LogP contribution in [-0.2, 0) is 0 Å². The van der Waals surface area contributed by atoms with Crippen molar-refractivity contribution in [2.24, 2.45) is 10.7 Å². The molecule has 112 valence electrons. The van der Waals surface area contributed by atoms with E-state index in [1.54, 1.807) is 25.1 Å². The molecule has 2 aromatic rings. The van der Waals surface area contributed by atoms with E-state index in [0.717, 1.165) is 11.1 Å². The third-order valence-electron chi connectivity index (χ3n) is 3.02. The zero-order valence-electron chi connectivity index (χ0n) is 12.5. The number of hydrogen-bond acceptors (Lipinski definition) is 4. The van der Waals surface area contributed by atoms with Crippen LogP contribution in [0.2, 0.25) is 0 Å². The molecule has 2 N–H and O–H groups in total. The summed E-state index contributed by atoms with van der Waals surface area (Å²) in [5.41, 5.74) is 9.90. The van der Waals surface area contributed by atoms with E-state index in [1.165, 1.54) is 12.1 Å². The minimum atomic E-state index is -0.432. The first kappa shape index (κ1) is 15.4. The highest BCUT2D eigenvalue weighted by atomic mass is 16.6. The molecule has 0 heterocycles. The van der Waals surface area contributed by atoms with Crippen molar-refractivity contribution in [3.63, 3.8) is 0 Å². The van der Waals surface area contributed by atoms with Crippen molar-refractivity contribution in [1.29, 1.82) is 0 Å². The molecule has 0 amide bonds. The molecule has 0 bridgehead atoms. The lowest BCUT2D eigenvalue weighted by Crippen LogP contribution is -2.01. The number of nitro groups is 1. The molecule has 0 aliphatic carbocycles. The Morgan fingerprint density at radius 2 is 1.73 bits per heavy atom. The van der Waals surface area contributed by atoms with Gasteiger partial charge in [0, 0.05) is 23.4 Å². The van der Waals surface area contributed by atoms with Crippen LogP contribution in [0.3, 0.4) is 0 Å². The first-order valence-corrected chi connectivity index (χ1v) is 6.79. The monoisotopic (exact) mass is 295 g/mol.